The van der Waals surface area contributed by atoms with Crippen LogP contribution in [0.1, 0.15) is 17.5 Å². The third-order valence-electron chi connectivity index (χ3n) is 3.69. The van der Waals surface area contributed by atoms with E-state index < -0.39 is 0 Å². The zero-order chi connectivity index (χ0) is 8.89. The lowest BCUT2D eigenvalue weighted by Gasteiger charge is -2.11. The molecule has 1 aliphatic carbocycles. The molecule has 0 aromatic heterocycles. The predicted molar refractivity (Wildman–Crippen MR) is 53.8 cm³/mol. The third kappa shape index (κ3) is 0.969. The van der Waals surface area contributed by atoms with Gasteiger partial charge in [0.1, 0.15) is 0 Å². The van der Waals surface area contributed by atoms with E-state index in [1.807, 2.05) is 0 Å². The second kappa shape index (κ2) is 2.36. The van der Waals surface area contributed by atoms with E-state index >= 15 is 0 Å². The van der Waals surface area contributed by atoms with E-state index in [2.05, 4.69) is 36.5 Å². The van der Waals surface area contributed by atoms with Crippen molar-refractivity contribution in [1.29, 1.82) is 0 Å². The molecule has 0 radical (unpaired) electrons. The minimum Gasteiger partial charge on any atom is -0.316 e. The molecule has 0 bridgehead atoms. The van der Waals surface area contributed by atoms with Gasteiger partial charge in [-0.1, -0.05) is 29.8 Å². The molecule has 0 unspecified atom stereocenters. The number of hydrogen-bond acceptors (Lipinski definition) is 1. The Morgan fingerprint density at radius 2 is 2.08 bits per heavy atom. The van der Waals surface area contributed by atoms with Crippen molar-refractivity contribution in [2.45, 2.75) is 18.8 Å². The monoisotopic (exact) mass is 173 g/mol. The summed E-state index contributed by atoms with van der Waals surface area (Å²) in [7, 11) is 0. The normalized spacial score (nSPS) is 35.9. The number of fused-ring (bicyclic) bond motifs is 1. The lowest BCUT2D eigenvalue weighted by molar-refractivity contribution is 0.675. The van der Waals surface area contributed by atoms with Crippen LogP contribution < -0.4 is 5.32 Å². The Kier molecular flexibility index (Phi) is 1.37. The summed E-state index contributed by atoms with van der Waals surface area (Å²) in [6, 6.07) is 9.08. The van der Waals surface area contributed by atoms with E-state index in [0.717, 1.165) is 5.92 Å². The summed E-state index contributed by atoms with van der Waals surface area (Å²) in [6.45, 7) is 4.58. The minimum atomic E-state index is 0.535. The molecule has 68 valence electrons. The van der Waals surface area contributed by atoms with Crippen molar-refractivity contribution in [2.24, 2.45) is 5.92 Å². The molecule has 2 fully saturated rings. The standard InChI is InChI=1S/C12H15N/c1-9-2-4-10(5-3-9)12-6-11(12)7-13-8-12/h2-5,11,13H,6-8H2,1H3/t11-,12-/m1/s1. The highest BCUT2D eigenvalue weighted by Crippen LogP contribution is 2.56. The topological polar surface area (TPSA) is 12.0 Å². The SMILES string of the molecule is Cc1ccc([C@@]23CNC[C@H]2C3)cc1. The fourth-order valence-electron chi connectivity index (χ4n) is 2.68. The van der Waals surface area contributed by atoms with Gasteiger partial charge in [-0.3, -0.25) is 0 Å². The largest absolute Gasteiger partial charge is 0.316 e. The predicted octanol–water partition coefficient (Wildman–Crippen LogP) is 1.86. The summed E-state index contributed by atoms with van der Waals surface area (Å²) in [5.74, 6) is 0.926. The number of benzene rings is 1. The molecule has 1 nitrogen and oxygen atoms in total. The maximum absolute atomic E-state index is 3.48. The smallest absolute Gasteiger partial charge is 0.0122 e. The highest BCUT2D eigenvalue weighted by Gasteiger charge is 2.57. The van der Waals surface area contributed by atoms with Crippen LogP contribution >= 0.6 is 0 Å². The Balaban J connectivity index is 1.97. The molecule has 1 N–H and O–H groups in total. The summed E-state index contributed by atoms with van der Waals surface area (Å²) < 4.78 is 0. The lowest BCUT2D eigenvalue weighted by Crippen LogP contribution is -2.19. The van der Waals surface area contributed by atoms with Crippen molar-refractivity contribution in [3.8, 4) is 0 Å². The van der Waals surface area contributed by atoms with Crippen LogP contribution in [0.25, 0.3) is 0 Å². The molecule has 1 aromatic rings. The summed E-state index contributed by atoms with van der Waals surface area (Å²) in [6.07, 6.45) is 1.41. The molecular weight excluding hydrogens is 158 g/mol. The van der Waals surface area contributed by atoms with Gasteiger partial charge in [0.15, 0.2) is 0 Å². The zero-order valence-corrected chi connectivity index (χ0v) is 8.01. The highest BCUT2D eigenvalue weighted by atomic mass is 15.0. The molecular formula is C12H15N. The highest BCUT2D eigenvalue weighted by molar-refractivity contribution is 5.38. The van der Waals surface area contributed by atoms with Crippen LogP contribution in [0, 0.1) is 12.8 Å². The van der Waals surface area contributed by atoms with Crippen molar-refractivity contribution < 1.29 is 0 Å². The molecule has 1 aliphatic heterocycles. The Hall–Kier alpha value is -0.820. The molecule has 2 aliphatic rings. The van der Waals surface area contributed by atoms with Gasteiger partial charge in [-0.25, -0.2) is 0 Å². The summed E-state index contributed by atoms with van der Waals surface area (Å²) in [5.41, 5.74) is 3.45. The second-order valence-electron chi connectivity index (χ2n) is 4.55. The van der Waals surface area contributed by atoms with Gasteiger partial charge < -0.3 is 5.32 Å². The summed E-state index contributed by atoms with van der Waals surface area (Å²) >= 11 is 0. The van der Waals surface area contributed by atoms with Crippen molar-refractivity contribution >= 4 is 0 Å². The van der Waals surface area contributed by atoms with Crippen LogP contribution in [0.3, 0.4) is 0 Å². The average Bonchev–Trinajstić information content (AvgIpc) is 2.71. The molecule has 13 heavy (non-hydrogen) atoms. The summed E-state index contributed by atoms with van der Waals surface area (Å²) in [5, 5.41) is 3.48. The van der Waals surface area contributed by atoms with Gasteiger partial charge in [-0.2, -0.15) is 0 Å². The van der Waals surface area contributed by atoms with E-state index in [1.54, 1.807) is 5.56 Å². The number of nitrogens with one attached hydrogen (secondary N) is 1. The first kappa shape index (κ1) is 7.57. The molecule has 1 saturated carbocycles. The summed E-state index contributed by atoms with van der Waals surface area (Å²) in [4.78, 5) is 0. The van der Waals surface area contributed by atoms with Gasteiger partial charge in [0.25, 0.3) is 0 Å². The van der Waals surface area contributed by atoms with Crippen molar-refractivity contribution in [2.75, 3.05) is 13.1 Å². The van der Waals surface area contributed by atoms with Gasteiger partial charge in [0.2, 0.25) is 0 Å². The maximum atomic E-state index is 3.48. The Morgan fingerprint density at radius 1 is 1.31 bits per heavy atom. The van der Waals surface area contributed by atoms with E-state index in [0.29, 0.717) is 5.41 Å². The average molecular weight is 173 g/mol. The van der Waals surface area contributed by atoms with Crippen LogP contribution in [0.15, 0.2) is 24.3 Å². The van der Waals surface area contributed by atoms with Crippen LogP contribution in [0.5, 0.6) is 0 Å². The van der Waals surface area contributed by atoms with Gasteiger partial charge >= 0.3 is 0 Å². The van der Waals surface area contributed by atoms with E-state index in [4.69, 9.17) is 0 Å². The molecule has 3 rings (SSSR count). The molecule has 1 heteroatoms. The second-order valence-corrected chi connectivity index (χ2v) is 4.55. The maximum Gasteiger partial charge on any atom is 0.0122 e. The van der Waals surface area contributed by atoms with Gasteiger partial charge in [-0.15, -0.1) is 0 Å². The quantitative estimate of drug-likeness (QED) is 0.683. The Bertz CT molecular complexity index is 327. The number of rotatable bonds is 1. The fourth-order valence-corrected chi connectivity index (χ4v) is 2.68. The molecule has 1 saturated heterocycles. The lowest BCUT2D eigenvalue weighted by atomic mass is 9.94. The molecule has 2 atom stereocenters. The Morgan fingerprint density at radius 3 is 2.62 bits per heavy atom. The van der Waals surface area contributed by atoms with Crippen molar-refractivity contribution in [1.82, 2.24) is 5.32 Å². The van der Waals surface area contributed by atoms with Crippen LogP contribution in [-0.2, 0) is 5.41 Å². The Labute approximate surface area is 79.2 Å². The van der Waals surface area contributed by atoms with E-state index in [9.17, 15) is 0 Å². The molecule has 1 aromatic carbocycles. The number of piperidine rings is 1. The first-order valence-corrected chi connectivity index (χ1v) is 5.09. The van der Waals surface area contributed by atoms with Crippen molar-refractivity contribution in [3.05, 3.63) is 35.4 Å². The zero-order valence-electron chi connectivity index (χ0n) is 8.01. The van der Waals surface area contributed by atoms with Gasteiger partial charge in [0.05, 0.1) is 0 Å². The first-order chi connectivity index (χ1) is 6.31. The fraction of sp³-hybridized carbons (Fsp3) is 0.500. The van der Waals surface area contributed by atoms with Gasteiger partial charge in [0, 0.05) is 12.0 Å². The molecule has 0 amide bonds. The van der Waals surface area contributed by atoms with Crippen molar-refractivity contribution in [3.63, 3.8) is 0 Å². The molecule has 1 heterocycles. The molecule has 0 spiro atoms. The van der Waals surface area contributed by atoms with Crippen LogP contribution in [-0.4, -0.2) is 13.1 Å². The van der Waals surface area contributed by atoms with Crippen LogP contribution in [0.4, 0.5) is 0 Å². The number of aryl methyl sites for hydroxylation is 1. The van der Waals surface area contributed by atoms with E-state index in [1.165, 1.54) is 25.1 Å². The van der Waals surface area contributed by atoms with Gasteiger partial charge in [-0.05, 0) is 31.4 Å². The van der Waals surface area contributed by atoms with Crippen LogP contribution in [0.2, 0.25) is 0 Å². The van der Waals surface area contributed by atoms with E-state index in [-0.39, 0.29) is 0 Å². The first-order valence-electron chi connectivity index (χ1n) is 5.09. The number of hydrogen-bond donors (Lipinski definition) is 1. The third-order valence-corrected chi connectivity index (χ3v) is 3.69. The minimum absolute atomic E-state index is 0.535.